The molecule has 0 aliphatic carbocycles. The number of carbonyl (C=O) groups excluding carboxylic acids is 1. The van der Waals surface area contributed by atoms with Gasteiger partial charge in [0.15, 0.2) is 5.16 Å². The second-order valence-electron chi connectivity index (χ2n) is 4.70. The van der Waals surface area contributed by atoms with Crippen molar-refractivity contribution in [3.8, 4) is 0 Å². The summed E-state index contributed by atoms with van der Waals surface area (Å²) in [5.74, 6) is 0.436. The zero-order valence-corrected chi connectivity index (χ0v) is 12.6. The van der Waals surface area contributed by atoms with Crippen molar-refractivity contribution in [1.29, 1.82) is 0 Å². The van der Waals surface area contributed by atoms with Gasteiger partial charge in [0, 0.05) is 17.6 Å². The molecule has 0 saturated heterocycles. The van der Waals surface area contributed by atoms with Gasteiger partial charge in [0.05, 0.1) is 5.54 Å². The predicted octanol–water partition coefficient (Wildman–Crippen LogP) is 1.51. The van der Waals surface area contributed by atoms with Gasteiger partial charge in [-0.25, -0.2) is 9.97 Å². The SMILES string of the molecule is CCCNC(C)(CCSc1nccc(C)n1)C(N)=O. The fourth-order valence-corrected chi connectivity index (χ4v) is 2.58. The topological polar surface area (TPSA) is 80.9 Å². The highest BCUT2D eigenvalue weighted by atomic mass is 32.2. The van der Waals surface area contributed by atoms with Crippen LogP contribution in [0.25, 0.3) is 0 Å². The zero-order chi connectivity index (χ0) is 14.3. The maximum atomic E-state index is 11.5. The molecule has 0 bridgehead atoms. The molecule has 3 N–H and O–H groups in total. The highest BCUT2D eigenvalue weighted by molar-refractivity contribution is 7.99. The Morgan fingerprint density at radius 1 is 1.58 bits per heavy atom. The fraction of sp³-hybridized carbons (Fsp3) is 0.615. The van der Waals surface area contributed by atoms with Crippen molar-refractivity contribution in [2.45, 2.75) is 44.3 Å². The van der Waals surface area contributed by atoms with Crippen LogP contribution in [0.5, 0.6) is 0 Å². The predicted molar refractivity (Wildman–Crippen MR) is 78.0 cm³/mol. The molecular formula is C13H22N4OS. The summed E-state index contributed by atoms with van der Waals surface area (Å²) in [4.78, 5) is 20.0. The summed E-state index contributed by atoms with van der Waals surface area (Å²) in [5, 5.41) is 3.95. The molecule has 1 amide bonds. The summed E-state index contributed by atoms with van der Waals surface area (Å²) in [6, 6.07) is 1.86. The van der Waals surface area contributed by atoms with E-state index in [9.17, 15) is 4.79 Å². The van der Waals surface area contributed by atoms with Gasteiger partial charge in [-0.2, -0.15) is 0 Å². The highest BCUT2D eigenvalue weighted by Gasteiger charge is 2.29. The number of primary amides is 1. The van der Waals surface area contributed by atoms with Crippen LogP contribution in [0.2, 0.25) is 0 Å². The van der Waals surface area contributed by atoms with Crippen molar-refractivity contribution >= 4 is 17.7 Å². The summed E-state index contributed by atoms with van der Waals surface area (Å²) < 4.78 is 0. The van der Waals surface area contributed by atoms with E-state index in [1.165, 1.54) is 0 Å². The Labute approximate surface area is 118 Å². The smallest absolute Gasteiger partial charge is 0.237 e. The molecule has 19 heavy (non-hydrogen) atoms. The van der Waals surface area contributed by atoms with Crippen LogP contribution in [0.15, 0.2) is 17.4 Å². The van der Waals surface area contributed by atoms with Crippen LogP contribution >= 0.6 is 11.8 Å². The molecule has 0 spiro atoms. The first-order valence-corrected chi connectivity index (χ1v) is 7.44. The van der Waals surface area contributed by atoms with E-state index in [4.69, 9.17) is 5.73 Å². The number of aryl methyl sites for hydroxylation is 1. The molecule has 0 saturated carbocycles. The third-order valence-electron chi connectivity index (χ3n) is 2.91. The van der Waals surface area contributed by atoms with Crippen LogP contribution in [0, 0.1) is 6.92 Å². The third kappa shape index (κ3) is 5.16. The van der Waals surface area contributed by atoms with Crippen molar-refractivity contribution in [2.24, 2.45) is 5.73 Å². The lowest BCUT2D eigenvalue weighted by molar-refractivity contribution is -0.123. The van der Waals surface area contributed by atoms with E-state index in [-0.39, 0.29) is 5.91 Å². The Morgan fingerprint density at radius 3 is 2.89 bits per heavy atom. The van der Waals surface area contributed by atoms with Gasteiger partial charge in [-0.3, -0.25) is 4.79 Å². The fourth-order valence-electron chi connectivity index (χ4n) is 1.54. The van der Waals surface area contributed by atoms with Crippen molar-refractivity contribution < 1.29 is 4.79 Å². The molecule has 0 aromatic carbocycles. The minimum absolute atomic E-state index is 0.313. The van der Waals surface area contributed by atoms with E-state index < -0.39 is 5.54 Å². The lowest BCUT2D eigenvalue weighted by Crippen LogP contribution is -2.53. The number of nitrogens with one attached hydrogen (secondary N) is 1. The Balaban J connectivity index is 2.50. The van der Waals surface area contributed by atoms with Gasteiger partial charge in [0.2, 0.25) is 5.91 Å². The minimum atomic E-state index is -0.660. The van der Waals surface area contributed by atoms with Crippen LogP contribution in [0.1, 0.15) is 32.4 Å². The first-order chi connectivity index (χ1) is 8.98. The molecule has 5 nitrogen and oxygen atoms in total. The number of amides is 1. The van der Waals surface area contributed by atoms with Gasteiger partial charge in [-0.1, -0.05) is 18.7 Å². The molecule has 1 aromatic heterocycles. The Bertz CT molecular complexity index is 427. The van der Waals surface area contributed by atoms with Crippen molar-refractivity contribution in [1.82, 2.24) is 15.3 Å². The molecule has 106 valence electrons. The standard InChI is InChI=1S/C13H22N4OS/c1-4-7-16-13(3,11(14)18)6-9-19-12-15-8-5-10(2)17-12/h5,8,16H,4,6-7,9H2,1-3H3,(H2,14,18). The first-order valence-electron chi connectivity index (χ1n) is 6.45. The molecular weight excluding hydrogens is 260 g/mol. The number of hydrogen-bond donors (Lipinski definition) is 2. The lowest BCUT2D eigenvalue weighted by atomic mass is 9.98. The summed E-state index contributed by atoms with van der Waals surface area (Å²) in [6.07, 6.45) is 3.37. The Kier molecular flexibility index (Phi) is 6.24. The van der Waals surface area contributed by atoms with E-state index in [1.54, 1.807) is 18.0 Å². The van der Waals surface area contributed by atoms with E-state index in [1.807, 2.05) is 19.9 Å². The molecule has 1 atom stereocenters. The summed E-state index contributed by atoms with van der Waals surface area (Å²) in [6.45, 7) is 6.62. The second kappa shape index (κ2) is 7.45. The Morgan fingerprint density at radius 2 is 2.32 bits per heavy atom. The monoisotopic (exact) mass is 282 g/mol. The number of rotatable bonds is 8. The van der Waals surface area contributed by atoms with Gasteiger partial charge in [-0.05, 0) is 39.3 Å². The largest absolute Gasteiger partial charge is 0.368 e. The number of thioether (sulfide) groups is 1. The van der Waals surface area contributed by atoms with Crippen LogP contribution in [0.3, 0.4) is 0 Å². The van der Waals surface area contributed by atoms with Crippen molar-refractivity contribution in [2.75, 3.05) is 12.3 Å². The van der Waals surface area contributed by atoms with E-state index >= 15 is 0 Å². The summed E-state index contributed by atoms with van der Waals surface area (Å²) >= 11 is 1.54. The summed E-state index contributed by atoms with van der Waals surface area (Å²) in [5.41, 5.74) is 5.76. The maximum absolute atomic E-state index is 11.5. The van der Waals surface area contributed by atoms with Crippen LogP contribution in [0.4, 0.5) is 0 Å². The number of hydrogen-bond acceptors (Lipinski definition) is 5. The van der Waals surface area contributed by atoms with E-state index in [0.717, 1.165) is 29.6 Å². The van der Waals surface area contributed by atoms with Crippen LogP contribution in [-0.4, -0.2) is 33.7 Å². The summed E-state index contributed by atoms with van der Waals surface area (Å²) in [7, 11) is 0. The normalized spacial score (nSPS) is 14.1. The van der Waals surface area contributed by atoms with E-state index in [0.29, 0.717) is 6.42 Å². The molecule has 0 fully saturated rings. The van der Waals surface area contributed by atoms with Gasteiger partial charge in [0.1, 0.15) is 0 Å². The molecule has 1 heterocycles. The minimum Gasteiger partial charge on any atom is -0.368 e. The quantitative estimate of drug-likeness (QED) is 0.558. The van der Waals surface area contributed by atoms with Crippen LogP contribution < -0.4 is 11.1 Å². The third-order valence-corrected chi connectivity index (χ3v) is 3.78. The molecule has 0 aliphatic rings. The molecule has 6 heteroatoms. The molecule has 0 radical (unpaired) electrons. The Hall–Kier alpha value is -1.14. The maximum Gasteiger partial charge on any atom is 0.237 e. The lowest BCUT2D eigenvalue weighted by Gasteiger charge is -2.27. The molecule has 1 unspecified atom stereocenters. The number of nitrogens with zero attached hydrogens (tertiary/aromatic N) is 2. The van der Waals surface area contributed by atoms with E-state index in [2.05, 4.69) is 22.2 Å². The van der Waals surface area contributed by atoms with Crippen molar-refractivity contribution in [3.63, 3.8) is 0 Å². The molecule has 0 aliphatic heterocycles. The number of aromatic nitrogens is 2. The molecule has 1 aromatic rings. The van der Waals surface area contributed by atoms with Gasteiger partial charge < -0.3 is 11.1 Å². The first kappa shape index (κ1) is 15.9. The van der Waals surface area contributed by atoms with Crippen molar-refractivity contribution in [3.05, 3.63) is 18.0 Å². The van der Waals surface area contributed by atoms with Gasteiger partial charge in [-0.15, -0.1) is 0 Å². The second-order valence-corrected chi connectivity index (χ2v) is 5.76. The zero-order valence-electron chi connectivity index (χ0n) is 11.8. The van der Waals surface area contributed by atoms with Crippen LogP contribution in [-0.2, 0) is 4.79 Å². The number of nitrogens with two attached hydrogens (primary N) is 1. The average Bonchev–Trinajstić information content (AvgIpc) is 2.36. The van der Waals surface area contributed by atoms with Gasteiger partial charge >= 0.3 is 0 Å². The number of carbonyl (C=O) groups is 1. The molecule has 1 rings (SSSR count). The average molecular weight is 282 g/mol. The highest BCUT2D eigenvalue weighted by Crippen LogP contribution is 2.19. The van der Waals surface area contributed by atoms with Gasteiger partial charge in [0.25, 0.3) is 0 Å².